The number of nitrogens with zero attached hydrogens (tertiary/aromatic N) is 1. The summed E-state index contributed by atoms with van der Waals surface area (Å²) in [5.74, 6) is -0.817. The minimum atomic E-state index is -4.64. The third-order valence-corrected chi connectivity index (χ3v) is 16.2. The first-order chi connectivity index (χ1) is 40.0. The summed E-state index contributed by atoms with van der Waals surface area (Å²) in [4.78, 5) is 38.0. The molecular weight excluding hydrogens is 1040 g/mol. The molecule has 478 valence electrons. The zero-order valence-electron chi connectivity index (χ0n) is 54.4. The van der Waals surface area contributed by atoms with E-state index in [9.17, 15) is 19.0 Å². The van der Waals surface area contributed by atoms with Crippen molar-refractivity contribution in [2.75, 3.05) is 47.5 Å². The maximum atomic E-state index is 12.9. The van der Waals surface area contributed by atoms with Gasteiger partial charge >= 0.3 is 11.9 Å². The quantitative estimate of drug-likeness (QED) is 0.0195. The molecule has 10 heteroatoms. The molecule has 0 aliphatic carbocycles. The van der Waals surface area contributed by atoms with Crippen molar-refractivity contribution in [3.05, 3.63) is 72.9 Å². The second-order valence-electron chi connectivity index (χ2n) is 24.5. The van der Waals surface area contributed by atoms with Gasteiger partial charge in [0.05, 0.1) is 27.7 Å². The zero-order valence-corrected chi connectivity index (χ0v) is 55.3. The lowest BCUT2D eigenvalue weighted by molar-refractivity contribution is -0.870. The van der Waals surface area contributed by atoms with Gasteiger partial charge in [0.15, 0.2) is 6.10 Å². The van der Waals surface area contributed by atoms with Gasteiger partial charge in [-0.3, -0.25) is 14.2 Å². The van der Waals surface area contributed by atoms with Gasteiger partial charge in [0.2, 0.25) is 0 Å². The number of likely N-dealkylation sites (N-methyl/N-ethyl adjacent to an activating group) is 1. The highest BCUT2D eigenvalue weighted by Crippen LogP contribution is 2.38. The van der Waals surface area contributed by atoms with Gasteiger partial charge in [-0.2, -0.15) is 0 Å². The Balaban J connectivity index is 4.02. The Kier molecular flexibility index (Phi) is 61.0. The molecule has 0 spiro atoms. The molecule has 0 aliphatic heterocycles. The Morgan fingerprint density at radius 1 is 0.390 bits per heavy atom. The number of ether oxygens (including phenoxy) is 2. The molecule has 0 aromatic carbocycles. The van der Waals surface area contributed by atoms with Crippen LogP contribution >= 0.6 is 7.82 Å². The van der Waals surface area contributed by atoms with E-state index in [4.69, 9.17) is 18.5 Å². The Morgan fingerprint density at radius 3 is 1.04 bits per heavy atom. The summed E-state index contributed by atoms with van der Waals surface area (Å²) < 4.78 is 34.3. The second-order valence-corrected chi connectivity index (χ2v) is 25.9. The van der Waals surface area contributed by atoms with Crippen molar-refractivity contribution < 1.29 is 42.1 Å². The molecule has 0 aliphatic rings. The minimum Gasteiger partial charge on any atom is -0.756 e. The van der Waals surface area contributed by atoms with Crippen molar-refractivity contribution in [3.63, 3.8) is 0 Å². The number of esters is 2. The molecule has 0 aromatic heterocycles. The van der Waals surface area contributed by atoms with E-state index < -0.39 is 26.5 Å². The maximum Gasteiger partial charge on any atom is 0.306 e. The first-order valence-corrected chi connectivity index (χ1v) is 36.1. The lowest BCUT2D eigenvalue weighted by Crippen LogP contribution is -2.37. The molecule has 0 fully saturated rings. The van der Waals surface area contributed by atoms with Gasteiger partial charge < -0.3 is 27.9 Å². The van der Waals surface area contributed by atoms with Crippen LogP contribution in [0.1, 0.15) is 322 Å². The molecule has 0 saturated heterocycles. The lowest BCUT2D eigenvalue weighted by Gasteiger charge is -2.28. The standard InChI is InChI=1S/C72H132NO8P/c1-6-8-10-12-14-16-18-20-22-24-26-28-30-31-32-33-34-35-36-37-38-39-40-41-43-45-47-49-51-53-55-57-59-61-63-65-72(75)81-70(69-80-82(76,77)79-67-66-73(3,4)5)68-78-71(74)64-62-60-58-56-54-52-50-48-46-44-42-29-27-25-23-21-19-17-15-13-11-9-7-2/h8,10,14,16,20,22,26,28,31-32,34-35,70H,6-7,9,11-13,15,17-19,21,23-25,27,29-30,33,36-69H2,1-5H3/b10-8-,16-14-,22-20-,28-26-,32-31-,35-34-. The highest BCUT2D eigenvalue weighted by molar-refractivity contribution is 7.45. The Labute approximate surface area is 508 Å². The molecule has 0 amide bonds. The number of allylic oxidation sites excluding steroid dienone is 12. The average Bonchev–Trinajstić information content (AvgIpc) is 3.45. The van der Waals surface area contributed by atoms with Crippen LogP contribution in [0, 0.1) is 0 Å². The summed E-state index contributed by atoms with van der Waals surface area (Å²) in [6.45, 7) is 4.18. The molecule has 82 heavy (non-hydrogen) atoms. The number of carbonyl (C=O) groups excluding carboxylic acids is 2. The predicted molar refractivity (Wildman–Crippen MR) is 351 cm³/mol. The Bertz CT molecular complexity index is 1610. The van der Waals surface area contributed by atoms with Crippen LogP contribution in [0.25, 0.3) is 0 Å². The highest BCUT2D eigenvalue weighted by atomic mass is 31.2. The zero-order chi connectivity index (χ0) is 59.8. The van der Waals surface area contributed by atoms with Crippen LogP contribution in [0.15, 0.2) is 72.9 Å². The SMILES string of the molecule is CC/C=C\C/C=C\C/C=C\C/C=C\C/C=C\C/C=C\CCCCCCCCCCCCCCCCCCC(=O)OC(COC(=O)CCCCCCCCCCCCCCCCCCCCCCCCC)COP(=O)([O-])OCC[N+](C)(C)C. The molecule has 0 heterocycles. The summed E-state index contributed by atoms with van der Waals surface area (Å²) in [5, 5.41) is 0. The van der Waals surface area contributed by atoms with Crippen LogP contribution in [0.2, 0.25) is 0 Å². The summed E-state index contributed by atoms with van der Waals surface area (Å²) in [6, 6.07) is 0. The number of hydrogen-bond acceptors (Lipinski definition) is 8. The van der Waals surface area contributed by atoms with Gasteiger partial charge in [0.25, 0.3) is 7.82 Å². The fourth-order valence-electron chi connectivity index (χ4n) is 9.96. The average molecular weight is 1170 g/mol. The van der Waals surface area contributed by atoms with Gasteiger partial charge in [-0.05, 0) is 64.2 Å². The van der Waals surface area contributed by atoms with Crippen LogP contribution in [-0.2, 0) is 32.7 Å². The second kappa shape index (κ2) is 63.0. The largest absolute Gasteiger partial charge is 0.756 e. The number of phosphoric ester groups is 1. The van der Waals surface area contributed by atoms with Crippen molar-refractivity contribution in [3.8, 4) is 0 Å². The molecule has 0 bridgehead atoms. The fraction of sp³-hybridized carbons (Fsp3) is 0.806. The van der Waals surface area contributed by atoms with E-state index in [1.54, 1.807) is 0 Å². The minimum absolute atomic E-state index is 0.0300. The molecule has 9 nitrogen and oxygen atoms in total. The number of unbranched alkanes of at least 4 members (excludes halogenated alkanes) is 38. The van der Waals surface area contributed by atoms with Gasteiger partial charge in [-0.15, -0.1) is 0 Å². The molecule has 0 rings (SSSR count). The topological polar surface area (TPSA) is 111 Å². The number of hydrogen-bond donors (Lipinski definition) is 0. The van der Waals surface area contributed by atoms with Gasteiger partial charge in [0, 0.05) is 12.8 Å². The van der Waals surface area contributed by atoms with Gasteiger partial charge in [0.1, 0.15) is 19.8 Å². The first-order valence-electron chi connectivity index (χ1n) is 34.6. The van der Waals surface area contributed by atoms with Crippen LogP contribution in [0.3, 0.4) is 0 Å². The molecule has 2 atom stereocenters. The van der Waals surface area contributed by atoms with Crippen LogP contribution < -0.4 is 4.89 Å². The maximum absolute atomic E-state index is 12.9. The number of carbonyl (C=O) groups is 2. The summed E-state index contributed by atoms with van der Waals surface area (Å²) >= 11 is 0. The number of rotatable bonds is 64. The molecule has 0 N–H and O–H groups in total. The predicted octanol–water partition coefficient (Wildman–Crippen LogP) is 21.8. The van der Waals surface area contributed by atoms with E-state index in [2.05, 4.69) is 86.8 Å². The van der Waals surface area contributed by atoms with Crippen LogP contribution in [0.4, 0.5) is 0 Å². The fourth-order valence-corrected chi connectivity index (χ4v) is 10.7. The van der Waals surface area contributed by atoms with Crippen molar-refractivity contribution in [1.29, 1.82) is 0 Å². The van der Waals surface area contributed by atoms with Gasteiger partial charge in [-0.1, -0.05) is 318 Å². The van der Waals surface area contributed by atoms with Crippen molar-refractivity contribution >= 4 is 19.8 Å². The monoisotopic (exact) mass is 1170 g/mol. The summed E-state index contributed by atoms with van der Waals surface area (Å²) in [5.41, 5.74) is 0. The number of quaternary nitrogens is 1. The highest BCUT2D eigenvalue weighted by Gasteiger charge is 2.22. The van der Waals surface area contributed by atoms with E-state index in [0.717, 1.165) is 77.0 Å². The molecule has 0 saturated carbocycles. The van der Waals surface area contributed by atoms with E-state index in [-0.39, 0.29) is 32.0 Å². The van der Waals surface area contributed by atoms with Crippen molar-refractivity contribution in [2.24, 2.45) is 0 Å². The van der Waals surface area contributed by atoms with Crippen molar-refractivity contribution in [2.45, 2.75) is 328 Å². The third-order valence-electron chi connectivity index (χ3n) is 15.2. The molecule has 0 radical (unpaired) electrons. The molecule has 2 unspecified atom stereocenters. The Hall–Kier alpha value is -2.55. The third kappa shape index (κ3) is 66.6. The van der Waals surface area contributed by atoms with Crippen molar-refractivity contribution in [1.82, 2.24) is 0 Å². The Morgan fingerprint density at radius 2 is 0.695 bits per heavy atom. The lowest BCUT2D eigenvalue weighted by atomic mass is 10.0. The molecule has 0 aromatic rings. The van der Waals surface area contributed by atoms with E-state index in [0.29, 0.717) is 17.4 Å². The van der Waals surface area contributed by atoms with E-state index in [1.807, 2.05) is 21.1 Å². The van der Waals surface area contributed by atoms with E-state index in [1.165, 1.54) is 212 Å². The first kappa shape index (κ1) is 79.5. The van der Waals surface area contributed by atoms with Crippen LogP contribution in [0.5, 0.6) is 0 Å². The van der Waals surface area contributed by atoms with E-state index >= 15 is 0 Å². The molecular formula is C72H132NO8P. The summed E-state index contributed by atoms with van der Waals surface area (Å²) in [6.07, 6.45) is 84.1. The smallest absolute Gasteiger partial charge is 0.306 e. The van der Waals surface area contributed by atoms with Gasteiger partial charge in [-0.25, -0.2) is 0 Å². The van der Waals surface area contributed by atoms with Crippen LogP contribution in [-0.4, -0.2) is 70.0 Å². The normalized spacial score (nSPS) is 13.6. The number of phosphoric acid groups is 1. The summed E-state index contributed by atoms with van der Waals surface area (Å²) in [7, 11) is 1.18.